The molecule has 4 rings (SSSR count). The smallest absolute Gasteiger partial charge is 0.140 e. The Hall–Kier alpha value is -2.97. The van der Waals surface area contributed by atoms with Gasteiger partial charge in [0.15, 0.2) is 0 Å². The lowest BCUT2D eigenvalue weighted by Crippen LogP contribution is -2.21. The topological polar surface area (TPSA) is 9.23 Å². The molecule has 0 aliphatic carbocycles. The molecule has 4 aromatic carbocycles. The molecule has 0 aromatic heterocycles. The second-order valence-electron chi connectivity index (χ2n) is 9.97. The van der Waals surface area contributed by atoms with Crippen molar-refractivity contribution in [2.45, 2.75) is 56.8 Å². The maximum atomic E-state index is 6.02. The lowest BCUT2D eigenvalue weighted by molar-refractivity contribution is 0.470. The van der Waals surface area contributed by atoms with Gasteiger partial charge in [-0.2, -0.15) is 0 Å². The van der Waals surface area contributed by atoms with Gasteiger partial charge in [-0.25, -0.2) is 0 Å². The van der Waals surface area contributed by atoms with Crippen LogP contribution in [0.5, 0.6) is 11.5 Å². The number of ether oxygens (including phenoxy) is 1. The Morgan fingerprint density at radius 1 is 0.588 bits per heavy atom. The van der Waals surface area contributed by atoms with Crippen LogP contribution in [0.2, 0.25) is 0 Å². The molecule has 0 saturated heterocycles. The zero-order valence-electron chi connectivity index (χ0n) is 20.8. The van der Waals surface area contributed by atoms with Gasteiger partial charge in [-0.1, -0.05) is 107 Å². The summed E-state index contributed by atoms with van der Waals surface area (Å²) in [6.07, 6.45) is 1.07. The van der Waals surface area contributed by atoms with Gasteiger partial charge in [0.2, 0.25) is 0 Å². The first-order valence-electron chi connectivity index (χ1n) is 12.0. The van der Waals surface area contributed by atoms with E-state index in [0.29, 0.717) is 0 Å². The van der Waals surface area contributed by atoms with Crippen LogP contribution in [0.25, 0.3) is 0 Å². The van der Waals surface area contributed by atoms with Crippen LogP contribution >= 0.6 is 12.6 Å². The van der Waals surface area contributed by atoms with Crippen molar-refractivity contribution in [3.63, 3.8) is 0 Å². The molecule has 0 aliphatic rings. The monoisotopic (exact) mass is 466 g/mol. The van der Waals surface area contributed by atoms with Crippen LogP contribution in [0.15, 0.2) is 102 Å². The van der Waals surface area contributed by atoms with Crippen LogP contribution in [-0.2, 0) is 17.3 Å². The molecule has 174 valence electrons. The van der Waals surface area contributed by atoms with E-state index < -0.39 is 0 Å². The van der Waals surface area contributed by atoms with Gasteiger partial charge in [0.05, 0.1) is 0 Å². The first kappa shape index (κ1) is 24.2. The van der Waals surface area contributed by atoms with Gasteiger partial charge in [0.1, 0.15) is 11.5 Å². The summed E-state index contributed by atoms with van der Waals surface area (Å²) in [5.74, 6) is 1.58. The van der Waals surface area contributed by atoms with Crippen molar-refractivity contribution in [2.75, 3.05) is 0 Å². The number of hydrogen-bond acceptors (Lipinski definition) is 2. The lowest BCUT2D eigenvalue weighted by Gasteiger charge is -2.29. The van der Waals surface area contributed by atoms with Crippen molar-refractivity contribution in [3.8, 4) is 11.5 Å². The average molecular weight is 467 g/mol. The zero-order valence-corrected chi connectivity index (χ0v) is 21.7. The highest BCUT2D eigenvalue weighted by Crippen LogP contribution is 2.37. The van der Waals surface area contributed by atoms with Crippen molar-refractivity contribution in [1.82, 2.24) is 0 Å². The fraction of sp³-hybridized carbons (Fsp3) is 0.250. The Kier molecular flexibility index (Phi) is 6.91. The summed E-state index contributed by atoms with van der Waals surface area (Å²) in [4.78, 5) is 0.830. The van der Waals surface area contributed by atoms with E-state index >= 15 is 0 Å². The van der Waals surface area contributed by atoms with E-state index in [2.05, 4.69) is 108 Å². The molecule has 0 fully saturated rings. The Morgan fingerprint density at radius 3 is 1.44 bits per heavy atom. The fourth-order valence-corrected chi connectivity index (χ4v) is 4.61. The van der Waals surface area contributed by atoms with E-state index in [1.165, 1.54) is 27.8 Å². The summed E-state index contributed by atoms with van der Waals surface area (Å²) < 4.78 is 6.02. The Labute approximate surface area is 210 Å². The second kappa shape index (κ2) is 9.72. The Morgan fingerprint density at radius 2 is 1.00 bits per heavy atom. The third-order valence-electron chi connectivity index (χ3n) is 7.08. The molecule has 0 radical (unpaired) electrons. The van der Waals surface area contributed by atoms with Crippen molar-refractivity contribution >= 4 is 12.6 Å². The number of aryl methyl sites for hydroxylation is 1. The molecule has 34 heavy (non-hydrogen) atoms. The summed E-state index contributed by atoms with van der Waals surface area (Å²) in [6, 6.07) is 34.3. The van der Waals surface area contributed by atoms with Crippen molar-refractivity contribution < 1.29 is 4.74 Å². The van der Waals surface area contributed by atoms with Crippen molar-refractivity contribution in [3.05, 3.63) is 125 Å². The highest BCUT2D eigenvalue weighted by atomic mass is 32.1. The lowest BCUT2D eigenvalue weighted by atomic mass is 9.74. The average Bonchev–Trinajstić information content (AvgIpc) is 2.86. The molecule has 0 heterocycles. The molecule has 0 saturated carbocycles. The van der Waals surface area contributed by atoms with Gasteiger partial charge in [0, 0.05) is 15.7 Å². The second-order valence-corrected chi connectivity index (χ2v) is 10.5. The van der Waals surface area contributed by atoms with E-state index in [1.54, 1.807) is 0 Å². The molecule has 0 spiro atoms. The Balaban J connectivity index is 1.53. The SMILES string of the molecule is CCc1ccc(C(C)(C)c2ccc(C(C)(C)c3ccc(Oc4ccccc4S)cc3)cc2)cc1. The quantitative estimate of drug-likeness (QED) is 0.267. The predicted molar refractivity (Wildman–Crippen MR) is 147 cm³/mol. The minimum atomic E-state index is -0.120. The summed E-state index contributed by atoms with van der Waals surface area (Å²) >= 11 is 4.48. The van der Waals surface area contributed by atoms with E-state index in [-0.39, 0.29) is 10.8 Å². The first-order valence-corrected chi connectivity index (χ1v) is 12.4. The maximum Gasteiger partial charge on any atom is 0.140 e. The minimum absolute atomic E-state index is 0.0444. The largest absolute Gasteiger partial charge is 0.456 e. The number of rotatable bonds is 7. The molecule has 2 heteroatoms. The van der Waals surface area contributed by atoms with Crippen LogP contribution in [0.1, 0.15) is 62.4 Å². The van der Waals surface area contributed by atoms with Gasteiger partial charge in [-0.05, 0) is 58.5 Å². The molecule has 0 amide bonds. The first-order chi connectivity index (χ1) is 16.2. The minimum Gasteiger partial charge on any atom is -0.456 e. The summed E-state index contributed by atoms with van der Waals surface area (Å²) in [5.41, 5.74) is 6.43. The predicted octanol–water partition coefficient (Wildman–Crippen LogP) is 8.98. The van der Waals surface area contributed by atoms with Gasteiger partial charge in [-0.15, -0.1) is 12.6 Å². The van der Waals surface area contributed by atoms with Crippen LogP contribution in [0.4, 0.5) is 0 Å². The van der Waals surface area contributed by atoms with E-state index in [9.17, 15) is 0 Å². The van der Waals surface area contributed by atoms with Gasteiger partial charge >= 0.3 is 0 Å². The van der Waals surface area contributed by atoms with Crippen LogP contribution in [0.3, 0.4) is 0 Å². The van der Waals surface area contributed by atoms with Gasteiger partial charge in [-0.3, -0.25) is 0 Å². The molecular formula is C32H34OS. The Bertz CT molecular complexity index is 1230. The molecule has 4 aromatic rings. The van der Waals surface area contributed by atoms with Gasteiger partial charge in [0.25, 0.3) is 0 Å². The fourth-order valence-electron chi connectivity index (χ4n) is 4.40. The summed E-state index contributed by atoms with van der Waals surface area (Å²) in [6.45, 7) is 11.3. The number of thiol groups is 1. The highest BCUT2D eigenvalue weighted by molar-refractivity contribution is 7.80. The van der Waals surface area contributed by atoms with Crippen molar-refractivity contribution in [2.24, 2.45) is 0 Å². The van der Waals surface area contributed by atoms with E-state index in [0.717, 1.165) is 22.8 Å². The molecule has 0 atom stereocenters. The van der Waals surface area contributed by atoms with Crippen LogP contribution < -0.4 is 4.74 Å². The molecule has 0 unspecified atom stereocenters. The van der Waals surface area contributed by atoms with E-state index in [4.69, 9.17) is 4.74 Å². The molecule has 0 aliphatic heterocycles. The van der Waals surface area contributed by atoms with Crippen molar-refractivity contribution in [1.29, 1.82) is 0 Å². The molecule has 0 bridgehead atoms. The normalized spacial score (nSPS) is 11.9. The summed E-state index contributed by atoms with van der Waals surface area (Å²) in [5, 5.41) is 0. The number of hydrogen-bond donors (Lipinski definition) is 1. The van der Waals surface area contributed by atoms with Crippen LogP contribution in [0, 0.1) is 0 Å². The maximum absolute atomic E-state index is 6.02. The number of benzene rings is 4. The van der Waals surface area contributed by atoms with Gasteiger partial charge < -0.3 is 4.74 Å². The third kappa shape index (κ3) is 4.93. The van der Waals surface area contributed by atoms with E-state index in [1.807, 2.05) is 36.4 Å². The summed E-state index contributed by atoms with van der Waals surface area (Å²) in [7, 11) is 0. The molecular weight excluding hydrogens is 432 g/mol. The standard InChI is InChI=1S/C32H34OS/c1-6-23-11-13-24(14-12-23)31(2,3)25-15-17-26(18-16-25)32(4,5)27-19-21-28(22-20-27)33-29-9-7-8-10-30(29)34/h7-22,34H,6H2,1-5H3. The number of para-hydroxylation sites is 1. The molecule has 0 N–H and O–H groups in total. The zero-order chi connectivity index (χ0) is 24.3. The van der Waals surface area contributed by atoms with Crippen LogP contribution in [-0.4, -0.2) is 0 Å². The molecule has 1 nitrogen and oxygen atoms in total. The third-order valence-corrected chi connectivity index (χ3v) is 7.45. The highest BCUT2D eigenvalue weighted by Gasteiger charge is 2.26.